The normalized spacial score (nSPS) is 17.8. The summed E-state index contributed by atoms with van der Waals surface area (Å²) in [5, 5.41) is 3.55. The molecule has 3 heteroatoms. The number of hydrogen-bond donors (Lipinski definition) is 1. The highest BCUT2D eigenvalue weighted by Gasteiger charge is 2.23. The average Bonchev–Trinajstić information content (AvgIpc) is 2.73. The topological polar surface area (TPSA) is 24.9 Å². The lowest BCUT2D eigenvalue weighted by molar-refractivity contribution is 0.746. The number of aromatic nitrogens is 1. The molecule has 1 unspecified atom stereocenters. The Morgan fingerprint density at radius 2 is 2.18 bits per heavy atom. The molecular weight excluding hydrogens is 276 g/mol. The summed E-state index contributed by atoms with van der Waals surface area (Å²) in [5.74, 6) is 0. The van der Waals surface area contributed by atoms with Crippen LogP contribution in [0.5, 0.6) is 0 Å². The maximum absolute atomic E-state index is 4.49. The Bertz CT molecular complexity index is 539. The zero-order chi connectivity index (χ0) is 11.7. The molecule has 1 atom stereocenters. The van der Waals surface area contributed by atoms with E-state index in [1.165, 1.54) is 11.3 Å². The van der Waals surface area contributed by atoms with Crippen LogP contribution in [0.15, 0.2) is 47.1 Å². The van der Waals surface area contributed by atoms with Crippen LogP contribution in [-0.2, 0) is 6.42 Å². The Hall–Kier alpha value is -1.35. The van der Waals surface area contributed by atoms with Gasteiger partial charge in [-0.2, -0.15) is 0 Å². The summed E-state index contributed by atoms with van der Waals surface area (Å²) in [6.07, 6.45) is 4.12. The SMILES string of the molecule is Brc1cccc(NC2CCc3cccnc32)c1. The Balaban J connectivity index is 1.84. The number of nitrogens with one attached hydrogen (secondary N) is 1. The fourth-order valence-corrected chi connectivity index (χ4v) is 2.73. The molecule has 1 aliphatic carbocycles. The lowest BCUT2D eigenvalue weighted by atomic mass is 10.2. The van der Waals surface area contributed by atoms with Gasteiger partial charge in [-0.05, 0) is 42.7 Å². The second-order valence-corrected chi connectivity index (χ2v) is 5.21. The standard InChI is InChI=1S/C14H13BrN2/c15-11-4-1-5-12(9-11)17-13-7-6-10-3-2-8-16-14(10)13/h1-5,8-9,13,17H,6-7H2. The Morgan fingerprint density at radius 3 is 3.06 bits per heavy atom. The van der Waals surface area contributed by atoms with Crippen molar-refractivity contribution in [3.8, 4) is 0 Å². The second-order valence-electron chi connectivity index (χ2n) is 4.29. The monoisotopic (exact) mass is 288 g/mol. The predicted molar refractivity (Wildman–Crippen MR) is 73.1 cm³/mol. The summed E-state index contributed by atoms with van der Waals surface area (Å²) >= 11 is 3.49. The maximum atomic E-state index is 4.49. The number of anilines is 1. The van der Waals surface area contributed by atoms with Gasteiger partial charge in [0.25, 0.3) is 0 Å². The van der Waals surface area contributed by atoms with E-state index in [2.05, 4.69) is 44.4 Å². The molecule has 17 heavy (non-hydrogen) atoms. The molecule has 1 heterocycles. The molecule has 1 aliphatic rings. The molecule has 86 valence electrons. The van der Waals surface area contributed by atoms with Crippen molar-refractivity contribution in [1.29, 1.82) is 0 Å². The lowest BCUT2D eigenvalue weighted by Gasteiger charge is -2.14. The molecule has 0 bridgehead atoms. The van der Waals surface area contributed by atoms with E-state index < -0.39 is 0 Å². The fraction of sp³-hybridized carbons (Fsp3) is 0.214. The molecule has 1 aromatic carbocycles. The minimum Gasteiger partial charge on any atom is -0.377 e. The Morgan fingerprint density at radius 1 is 1.24 bits per heavy atom. The molecule has 0 spiro atoms. The number of halogens is 1. The molecule has 0 amide bonds. The van der Waals surface area contributed by atoms with Crippen LogP contribution < -0.4 is 5.32 Å². The number of rotatable bonds is 2. The zero-order valence-corrected chi connectivity index (χ0v) is 10.9. The number of pyridine rings is 1. The van der Waals surface area contributed by atoms with Crippen molar-refractivity contribution < 1.29 is 0 Å². The minimum absolute atomic E-state index is 0.348. The largest absolute Gasteiger partial charge is 0.377 e. The van der Waals surface area contributed by atoms with Crippen LogP contribution >= 0.6 is 15.9 Å². The second kappa shape index (κ2) is 4.49. The van der Waals surface area contributed by atoms with Gasteiger partial charge in [0, 0.05) is 16.4 Å². The van der Waals surface area contributed by atoms with Crippen molar-refractivity contribution in [3.05, 3.63) is 58.3 Å². The smallest absolute Gasteiger partial charge is 0.0691 e. The summed E-state index contributed by atoms with van der Waals surface area (Å²) < 4.78 is 1.10. The van der Waals surface area contributed by atoms with Gasteiger partial charge in [-0.25, -0.2) is 0 Å². The molecule has 1 N–H and O–H groups in total. The minimum atomic E-state index is 0.348. The van der Waals surface area contributed by atoms with Crippen molar-refractivity contribution in [2.75, 3.05) is 5.32 Å². The van der Waals surface area contributed by atoms with Crippen molar-refractivity contribution >= 4 is 21.6 Å². The number of benzene rings is 1. The van der Waals surface area contributed by atoms with Crippen molar-refractivity contribution in [1.82, 2.24) is 4.98 Å². The van der Waals surface area contributed by atoms with Gasteiger partial charge in [0.2, 0.25) is 0 Å². The van der Waals surface area contributed by atoms with Gasteiger partial charge in [-0.15, -0.1) is 0 Å². The van der Waals surface area contributed by atoms with E-state index in [4.69, 9.17) is 0 Å². The Labute approximate surface area is 109 Å². The first-order valence-electron chi connectivity index (χ1n) is 5.79. The van der Waals surface area contributed by atoms with Crippen molar-refractivity contribution in [3.63, 3.8) is 0 Å². The van der Waals surface area contributed by atoms with Gasteiger partial charge in [0.05, 0.1) is 11.7 Å². The summed E-state index contributed by atoms with van der Waals surface area (Å²) in [5.41, 5.74) is 3.72. The molecule has 0 aliphatic heterocycles. The van der Waals surface area contributed by atoms with Crippen LogP contribution in [0, 0.1) is 0 Å². The highest BCUT2D eigenvalue weighted by molar-refractivity contribution is 9.10. The van der Waals surface area contributed by atoms with Gasteiger partial charge < -0.3 is 5.32 Å². The number of nitrogens with zero attached hydrogens (tertiary/aromatic N) is 1. The molecule has 2 nitrogen and oxygen atoms in total. The molecule has 3 rings (SSSR count). The van der Waals surface area contributed by atoms with Gasteiger partial charge in [0.15, 0.2) is 0 Å². The predicted octanol–water partition coefficient (Wildman–Crippen LogP) is 3.94. The number of hydrogen-bond acceptors (Lipinski definition) is 2. The summed E-state index contributed by atoms with van der Waals surface area (Å²) in [6, 6.07) is 12.8. The first-order chi connectivity index (χ1) is 8.33. The highest BCUT2D eigenvalue weighted by atomic mass is 79.9. The maximum Gasteiger partial charge on any atom is 0.0691 e. The van der Waals surface area contributed by atoms with Crippen LogP contribution in [0.3, 0.4) is 0 Å². The van der Waals surface area contributed by atoms with E-state index in [1.807, 2.05) is 24.4 Å². The summed E-state index contributed by atoms with van der Waals surface area (Å²) in [4.78, 5) is 4.49. The van der Waals surface area contributed by atoms with Gasteiger partial charge in [-0.3, -0.25) is 4.98 Å². The lowest BCUT2D eigenvalue weighted by Crippen LogP contribution is -2.08. The number of fused-ring (bicyclic) bond motifs is 1. The van der Waals surface area contributed by atoms with Crippen LogP contribution in [0.1, 0.15) is 23.7 Å². The highest BCUT2D eigenvalue weighted by Crippen LogP contribution is 2.32. The molecule has 0 saturated carbocycles. The van der Waals surface area contributed by atoms with Crippen LogP contribution in [-0.4, -0.2) is 4.98 Å². The molecule has 2 aromatic rings. The molecule has 0 saturated heterocycles. The molecule has 0 fully saturated rings. The first kappa shape index (κ1) is 10.8. The third kappa shape index (κ3) is 2.20. The van der Waals surface area contributed by atoms with Crippen molar-refractivity contribution in [2.24, 2.45) is 0 Å². The van der Waals surface area contributed by atoms with Gasteiger partial charge in [0.1, 0.15) is 0 Å². The summed E-state index contributed by atoms with van der Waals surface area (Å²) in [7, 11) is 0. The van der Waals surface area contributed by atoms with Crippen molar-refractivity contribution in [2.45, 2.75) is 18.9 Å². The molecule has 1 aromatic heterocycles. The fourth-order valence-electron chi connectivity index (χ4n) is 2.33. The first-order valence-corrected chi connectivity index (χ1v) is 6.58. The van der Waals surface area contributed by atoms with Crippen LogP contribution in [0.25, 0.3) is 0 Å². The van der Waals surface area contributed by atoms with Crippen LogP contribution in [0.2, 0.25) is 0 Å². The van der Waals surface area contributed by atoms with E-state index in [0.29, 0.717) is 6.04 Å². The van der Waals surface area contributed by atoms with Crippen LogP contribution in [0.4, 0.5) is 5.69 Å². The van der Waals surface area contributed by atoms with E-state index >= 15 is 0 Å². The van der Waals surface area contributed by atoms with Gasteiger partial charge >= 0.3 is 0 Å². The van der Waals surface area contributed by atoms with E-state index in [1.54, 1.807) is 0 Å². The number of aryl methyl sites for hydroxylation is 1. The molecular formula is C14H13BrN2. The summed E-state index contributed by atoms with van der Waals surface area (Å²) in [6.45, 7) is 0. The van der Waals surface area contributed by atoms with E-state index in [-0.39, 0.29) is 0 Å². The van der Waals surface area contributed by atoms with Gasteiger partial charge in [-0.1, -0.05) is 28.1 Å². The quantitative estimate of drug-likeness (QED) is 0.905. The average molecular weight is 289 g/mol. The van der Waals surface area contributed by atoms with E-state index in [9.17, 15) is 0 Å². The molecule has 0 radical (unpaired) electrons. The Kier molecular flexibility index (Phi) is 2.85. The third-order valence-electron chi connectivity index (χ3n) is 3.12. The van der Waals surface area contributed by atoms with E-state index in [0.717, 1.165) is 23.0 Å². The third-order valence-corrected chi connectivity index (χ3v) is 3.62. The zero-order valence-electron chi connectivity index (χ0n) is 9.36.